The molecule has 0 aromatic heterocycles. The van der Waals surface area contributed by atoms with E-state index in [1.165, 1.54) is 19.9 Å². The lowest BCUT2D eigenvalue weighted by molar-refractivity contribution is -0.134. The van der Waals surface area contributed by atoms with Crippen LogP contribution in [0.25, 0.3) is 0 Å². The third-order valence-corrected chi connectivity index (χ3v) is 1.56. The van der Waals surface area contributed by atoms with Gasteiger partial charge in [-0.2, -0.15) is 0 Å². The summed E-state index contributed by atoms with van der Waals surface area (Å²) >= 11 is 0. The third-order valence-electron chi connectivity index (χ3n) is 1.56. The van der Waals surface area contributed by atoms with Gasteiger partial charge in [-0.3, -0.25) is 9.59 Å². The first kappa shape index (κ1) is 11.2. The summed E-state index contributed by atoms with van der Waals surface area (Å²) in [6, 6.07) is 4.85. The highest BCUT2D eigenvalue weighted by atomic mass is 16.6. The van der Waals surface area contributed by atoms with Crippen LogP contribution in [0, 0.1) is 6.92 Å². The summed E-state index contributed by atoms with van der Waals surface area (Å²) in [5.74, 6) is -0.584. The fourth-order valence-corrected chi connectivity index (χ4v) is 1.06. The van der Waals surface area contributed by atoms with Gasteiger partial charge in [0, 0.05) is 13.8 Å². The summed E-state index contributed by atoms with van der Waals surface area (Å²) in [6.45, 7) is 6.21. The first-order chi connectivity index (χ1) is 7.00. The van der Waals surface area contributed by atoms with Crippen LogP contribution in [0.4, 0.5) is 0 Å². The smallest absolute Gasteiger partial charge is 0.308 e. The van der Waals surface area contributed by atoms with Gasteiger partial charge in [-0.1, -0.05) is 12.1 Å². The Morgan fingerprint density at radius 2 is 1.73 bits per heavy atom. The van der Waals surface area contributed by atoms with Crippen LogP contribution < -0.4 is 9.47 Å². The molecule has 4 nitrogen and oxygen atoms in total. The maximum atomic E-state index is 10.8. The molecule has 0 atom stereocenters. The Balaban J connectivity index is 3.08. The number of hydrogen-bond donors (Lipinski definition) is 0. The number of benzene rings is 1. The van der Waals surface area contributed by atoms with Gasteiger partial charge < -0.3 is 9.47 Å². The van der Waals surface area contributed by atoms with Crippen molar-refractivity contribution in [1.29, 1.82) is 0 Å². The summed E-state index contributed by atoms with van der Waals surface area (Å²) in [5, 5.41) is 0. The summed E-state index contributed by atoms with van der Waals surface area (Å²) in [5.41, 5.74) is 0.490. The van der Waals surface area contributed by atoms with E-state index < -0.39 is 11.9 Å². The summed E-state index contributed by atoms with van der Waals surface area (Å²) in [4.78, 5) is 21.6. The van der Waals surface area contributed by atoms with Crippen molar-refractivity contribution in [3.8, 4) is 11.5 Å². The Morgan fingerprint density at radius 3 is 2.27 bits per heavy atom. The number of carbonyl (C=O) groups excluding carboxylic acids is 2. The molecular weight excluding hydrogens is 196 g/mol. The van der Waals surface area contributed by atoms with Crippen molar-refractivity contribution in [3.05, 3.63) is 30.7 Å². The molecule has 0 bridgehead atoms. The molecule has 0 saturated heterocycles. The SMILES string of the molecule is [CH2]c1cccc(OC(C)=O)c1OC(C)=O. The molecule has 0 spiro atoms. The van der Waals surface area contributed by atoms with Crippen LogP contribution >= 0.6 is 0 Å². The molecule has 0 saturated carbocycles. The van der Waals surface area contributed by atoms with Crippen molar-refractivity contribution in [3.63, 3.8) is 0 Å². The highest BCUT2D eigenvalue weighted by molar-refractivity contribution is 5.74. The molecule has 0 aliphatic carbocycles. The van der Waals surface area contributed by atoms with Gasteiger partial charge in [0.2, 0.25) is 0 Å². The molecule has 0 amide bonds. The van der Waals surface area contributed by atoms with E-state index in [0.29, 0.717) is 5.56 Å². The predicted molar refractivity (Wildman–Crippen MR) is 53.5 cm³/mol. The van der Waals surface area contributed by atoms with E-state index in [1.54, 1.807) is 12.1 Å². The number of hydrogen-bond acceptors (Lipinski definition) is 4. The van der Waals surface area contributed by atoms with Crippen molar-refractivity contribution in [2.45, 2.75) is 13.8 Å². The fourth-order valence-electron chi connectivity index (χ4n) is 1.06. The van der Waals surface area contributed by atoms with Gasteiger partial charge in [0.1, 0.15) is 0 Å². The molecule has 0 aliphatic heterocycles. The van der Waals surface area contributed by atoms with E-state index >= 15 is 0 Å². The molecule has 15 heavy (non-hydrogen) atoms. The Kier molecular flexibility index (Phi) is 3.44. The van der Waals surface area contributed by atoms with Crippen LogP contribution in [0.3, 0.4) is 0 Å². The first-order valence-electron chi connectivity index (χ1n) is 4.32. The van der Waals surface area contributed by atoms with Crippen molar-refractivity contribution in [2.75, 3.05) is 0 Å². The zero-order valence-corrected chi connectivity index (χ0v) is 8.57. The van der Waals surface area contributed by atoms with Gasteiger partial charge >= 0.3 is 11.9 Å². The summed E-state index contributed by atoms with van der Waals surface area (Å²) in [7, 11) is 0. The molecule has 0 unspecified atom stereocenters. The maximum Gasteiger partial charge on any atom is 0.308 e. The normalized spacial score (nSPS) is 9.53. The average Bonchev–Trinajstić information content (AvgIpc) is 2.09. The molecule has 0 heterocycles. The minimum atomic E-state index is -0.487. The van der Waals surface area contributed by atoms with E-state index in [0.717, 1.165) is 0 Å². The third kappa shape index (κ3) is 3.09. The van der Waals surface area contributed by atoms with Gasteiger partial charge in [0.25, 0.3) is 0 Å². The van der Waals surface area contributed by atoms with Gasteiger partial charge in [-0.15, -0.1) is 0 Å². The van der Waals surface area contributed by atoms with Crippen LogP contribution in [0.5, 0.6) is 11.5 Å². The van der Waals surface area contributed by atoms with Gasteiger partial charge in [-0.25, -0.2) is 0 Å². The maximum absolute atomic E-state index is 10.8. The molecule has 1 aromatic rings. The molecule has 0 aliphatic rings. The Labute approximate surface area is 87.8 Å². The van der Waals surface area contributed by atoms with Crippen molar-refractivity contribution in [1.82, 2.24) is 0 Å². The lowest BCUT2D eigenvalue weighted by atomic mass is 10.2. The molecule has 79 valence electrons. The quantitative estimate of drug-likeness (QED) is 0.547. The minimum Gasteiger partial charge on any atom is -0.423 e. The minimum absolute atomic E-state index is 0.181. The molecular formula is C11H11O4. The highest BCUT2D eigenvalue weighted by Gasteiger charge is 2.11. The number of carbonyl (C=O) groups is 2. The summed E-state index contributed by atoms with van der Waals surface area (Å²) < 4.78 is 9.77. The van der Waals surface area contributed by atoms with Gasteiger partial charge in [0.05, 0.1) is 0 Å². The second-order valence-electron chi connectivity index (χ2n) is 2.93. The van der Waals surface area contributed by atoms with Gasteiger partial charge in [0.15, 0.2) is 11.5 Å². The molecule has 1 rings (SSSR count). The van der Waals surface area contributed by atoms with E-state index in [9.17, 15) is 9.59 Å². The standard InChI is InChI=1S/C11H11O4/c1-7-5-4-6-10(14-8(2)12)11(7)15-9(3)13/h4-6H,1H2,2-3H3. The lowest BCUT2D eigenvalue weighted by Crippen LogP contribution is -2.08. The molecule has 0 N–H and O–H groups in total. The van der Waals surface area contributed by atoms with Crippen molar-refractivity contribution < 1.29 is 19.1 Å². The molecule has 1 aromatic carbocycles. The zero-order valence-electron chi connectivity index (χ0n) is 8.57. The second kappa shape index (κ2) is 4.59. The predicted octanol–water partition coefficient (Wildman–Crippen LogP) is 1.72. The Hall–Kier alpha value is -1.84. The Bertz CT molecular complexity index is 396. The molecule has 0 fully saturated rings. The van der Waals surface area contributed by atoms with Crippen molar-refractivity contribution >= 4 is 11.9 Å². The topological polar surface area (TPSA) is 52.6 Å². The number of ether oxygens (including phenoxy) is 2. The van der Waals surface area contributed by atoms with Crippen LogP contribution in [0.1, 0.15) is 19.4 Å². The Morgan fingerprint density at radius 1 is 1.13 bits per heavy atom. The van der Waals surface area contributed by atoms with Crippen LogP contribution in [0.15, 0.2) is 18.2 Å². The second-order valence-corrected chi connectivity index (χ2v) is 2.93. The number of rotatable bonds is 2. The monoisotopic (exact) mass is 207 g/mol. The fraction of sp³-hybridized carbons (Fsp3) is 0.182. The lowest BCUT2D eigenvalue weighted by Gasteiger charge is -2.10. The largest absolute Gasteiger partial charge is 0.423 e. The number of para-hydroxylation sites is 1. The number of esters is 2. The average molecular weight is 207 g/mol. The van der Waals surface area contributed by atoms with Crippen molar-refractivity contribution in [2.24, 2.45) is 0 Å². The van der Waals surface area contributed by atoms with Crippen LogP contribution in [-0.4, -0.2) is 11.9 Å². The zero-order chi connectivity index (χ0) is 11.4. The molecule has 4 heteroatoms. The van der Waals surface area contributed by atoms with E-state index in [1.807, 2.05) is 0 Å². The molecule has 1 radical (unpaired) electrons. The van der Waals surface area contributed by atoms with E-state index in [-0.39, 0.29) is 11.5 Å². The summed E-state index contributed by atoms with van der Waals surface area (Å²) in [6.07, 6.45) is 0. The van der Waals surface area contributed by atoms with Gasteiger partial charge in [-0.05, 0) is 18.6 Å². The highest BCUT2D eigenvalue weighted by Crippen LogP contribution is 2.30. The first-order valence-corrected chi connectivity index (χ1v) is 4.32. The van der Waals surface area contributed by atoms with E-state index in [4.69, 9.17) is 9.47 Å². The van der Waals surface area contributed by atoms with E-state index in [2.05, 4.69) is 6.92 Å². The van der Waals surface area contributed by atoms with Crippen LogP contribution in [-0.2, 0) is 9.59 Å². The van der Waals surface area contributed by atoms with Crippen LogP contribution in [0.2, 0.25) is 0 Å².